The highest BCUT2D eigenvalue weighted by Gasteiger charge is 1.88. The summed E-state index contributed by atoms with van der Waals surface area (Å²) in [6.45, 7) is 4.02. The Bertz CT molecular complexity index is 277. The van der Waals surface area contributed by atoms with Gasteiger partial charge >= 0.3 is 0 Å². The Morgan fingerprint density at radius 1 is 1.29 bits per heavy atom. The van der Waals surface area contributed by atoms with E-state index in [1.807, 2.05) is 24.3 Å². The van der Waals surface area contributed by atoms with Crippen molar-refractivity contribution in [3.8, 4) is 5.75 Å². The maximum absolute atomic E-state index is 5.08. The molecule has 0 radical (unpaired) electrons. The zero-order valence-corrected chi connectivity index (χ0v) is 8.79. The molecule has 0 saturated carbocycles. The minimum absolute atomic E-state index is 0.897. The summed E-state index contributed by atoms with van der Waals surface area (Å²) in [4.78, 5) is 0. The predicted molar refractivity (Wildman–Crippen MR) is 60.6 cm³/mol. The van der Waals surface area contributed by atoms with Gasteiger partial charge in [-0.2, -0.15) is 0 Å². The van der Waals surface area contributed by atoms with Crippen LogP contribution in [0.15, 0.2) is 30.3 Å². The van der Waals surface area contributed by atoms with Crippen molar-refractivity contribution < 1.29 is 4.74 Å². The van der Waals surface area contributed by atoms with Crippen LogP contribution in [0.5, 0.6) is 5.75 Å². The minimum Gasteiger partial charge on any atom is -0.497 e. The van der Waals surface area contributed by atoms with Crippen molar-refractivity contribution in [2.45, 2.75) is 6.92 Å². The summed E-state index contributed by atoms with van der Waals surface area (Å²) in [5.74, 6) is 0.897. The van der Waals surface area contributed by atoms with E-state index in [4.69, 9.17) is 4.74 Å². The van der Waals surface area contributed by atoms with E-state index in [2.05, 4.69) is 24.4 Å². The summed E-state index contributed by atoms with van der Waals surface area (Å²) in [5, 5.41) is 3.23. The fourth-order valence-electron chi connectivity index (χ4n) is 1.14. The molecule has 2 heteroatoms. The number of benzene rings is 1. The topological polar surface area (TPSA) is 21.3 Å². The molecule has 0 amide bonds. The molecule has 0 aliphatic heterocycles. The van der Waals surface area contributed by atoms with Gasteiger partial charge in [0.2, 0.25) is 0 Å². The van der Waals surface area contributed by atoms with Crippen molar-refractivity contribution in [3.05, 3.63) is 35.9 Å². The summed E-state index contributed by atoms with van der Waals surface area (Å²) in [5.41, 5.74) is 1.20. The van der Waals surface area contributed by atoms with Gasteiger partial charge in [-0.1, -0.05) is 31.2 Å². The van der Waals surface area contributed by atoms with Crippen LogP contribution in [0.1, 0.15) is 12.5 Å². The number of likely N-dealkylation sites (N-methyl/N-ethyl adjacent to an activating group) is 1. The number of rotatable bonds is 5. The van der Waals surface area contributed by atoms with Gasteiger partial charge in [0.25, 0.3) is 0 Å². The monoisotopic (exact) mass is 191 g/mol. The molecule has 0 fully saturated rings. The summed E-state index contributed by atoms with van der Waals surface area (Å²) in [6, 6.07) is 8.02. The van der Waals surface area contributed by atoms with Crippen LogP contribution in [0.4, 0.5) is 0 Å². The zero-order valence-electron chi connectivity index (χ0n) is 8.79. The van der Waals surface area contributed by atoms with Crippen molar-refractivity contribution in [3.63, 3.8) is 0 Å². The third-order valence-electron chi connectivity index (χ3n) is 1.94. The molecule has 1 N–H and O–H groups in total. The van der Waals surface area contributed by atoms with Crippen LogP contribution in [0.25, 0.3) is 6.08 Å². The third kappa shape index (κ3) is 3.62. The molecule has 0 aliphatic carbocycles. The molecular formula is C12H17NO. The molecule has 0 atom stereocenters. The van der Waals surface area contributed by atoms with Crippen LogP contribution < -0.4 is 10.1 Å². The van der Waals surface area contributed by atoms with E-state index in [9.17, 15) is 0 Å². The van der Waals surface area contributed by atoms with Crippen LogP contribution in [-0.2, 0) is 0 Å². The molecule has 0 aromatic heterocycles. The smallest absolute Gasteiger partial charge is 0.118 e. The molecule has 1 aromatic carbocycles. The van der Waals surface area contributed by atoms with E-state index < -0.39 is 0 Å². The quantitative estimate of drug-likeness (QED) is 0.721. The lowest BCUT2D eigenvalue weighted by atomic mass is 10.2. The lowest BCUT2D eigenvalue weighted by molar-refractivity contribution is 0.415. The Hall–Kier alpha value is -1.28. The Morgan fingerprint density at radius 3 is 2.57 bits per heavy atom. The number of ether oxygens (including phenoxy) is 1. The maximum atomic E-state index is 5.08. The maximum Gasteiger partial charge on any atom is 0.118 e. The van der Waals surface area contributed by atoms with Gasteiger partial charge < -0.3 is 10.1 Å². The second kappa shape index (κ2) is 6.22. The van der Waals surface area contributed by atoms with Crippen molar-refractivity contribution >= 4 is 6.08 Å². The lowest BCUT2D eigenvalue weighted by Gasteiger charge is -1.99. The average Bonchev–Trinajstić information content (AvgIpc) is 2.25. The Morgan fingerprint density at radius 2 is 2.00 bits per heavy atom. The molecule has 14 heavy (non-hydrogen) atoms. The molecule has 0 spiro atoms. The first-order valence-electron chi connectivity index (χ1n) is 4.88. The summed E-state index contributed by atoms with van der Waals surface area (Å²) >= 11 is 0. The molecule has 0 aliphatic rings. The molecule has 2 nitrogen and oxygen atoms in total. The number of nitrogens with one attached hydrogen (secondary N) is 1. The van der Waals surface area contributed by atoms with E-state index in [-0.39, 0.29) is 0 Å². The fraction of sp³-hybridized carbons (Fsp3) is 0.333. The molecule has 0 saturated heterocycles. The lowest BCUT2D eigenvalue weighted by Crippen LogP contribution is -2.11. The Kier molecular flexibility index (Phi) is 4.79. The van der Waals surface area contributed by atoms with Gasteiger partial charge in [-0.15, -0.1) is 0 Å². The number of hydrogen-bond acceptors (Lipinski definition) is 2. The Balaban J connectivity index is 2.47. The van der Waals surface area contributed by atoms with Gasteiger partial charge in [0.05, 0.1) is 7.11 Å². The third-order valence-corrected chi connectivity index (χ3v) is 1.94. The van der Waals surface area contributed by atoms with Gasteiger partial charge in [0, 0.05) is 6.54 Å². The predicted octanol–water partition coefficient (Wildman–Crippen LogP) is 2.32. The van der Waals surface area contributed by atoms with E-state index in [1.165, 1.54) is 5.56 Å². The van der Waals surface area contributed by atoms with Crippen LogP contribution in [0, 0.1) is 0 Å². The van der Waals surface area contributed by atoms with Crippen molar-refractivity contribution in [1.29, 1.82) is 0 Å². The number of hydrogen-bond donors (Lipinski definition) is 1. The van der Waals surface area contributed by atoms with Gasteiger partial charge in [-0.25, -0.2) is 0 Å². The SMILES string of the molecule is CCNC/C=C/c1ccc(OC)cc1. The molecule has 1 rings (SSSR count). The van der Waals surface area contributed by atoms with E-state index >= 15 is 0 Å². The highest BCUT2D eigenvalue weighted by atomic mass is 16.5. The highest BCUT2D eigenvalue weighted by molar-refractivity contribution is 5.50. The summed E-state index contributed by atoms with van der Waals surface area (Å²) in [7, 11) is 1.68. The normalized spacial score (nSPS) is 10.7. The van der Waals surface area contributed by atoms with Gasteiger partial charge in [-0.05, 0) is 24.2 Å². The Labute approximate surface area is 85.6 Å². The summed E-state index contributed by atoms with van der Waals surface area (Å²) < 4.78 is 5.08. The van der Waals surface area contributed by atoms with Crippen molar-refractivity contribution in [2.75, 3.05) is 20.2 Å². The van der Waals surface area contributed by atoms with Gasteiger partial charge in [-0.3, -0.25) is 0 Å². The second-order valence-corrected chi connectivity index (χ2v) is 2.98. The molecular weight excluding hydrogens is 174 g/mol. The van der Waals surface area contributed by atoms with Gasteiger partial charge in [0.15, 0.2) is 0 Å². The first kappa shape index (κ1) is 10.8. The van der Waals surface area contributed by atoms with Crippen molar-refractivity contribution in [2.24, 2.45) is 0 Å². The van der Waals surface area contributed by atoms with Gasteiger partial charge in [0.1, 0.15) is 5.75 Å². The molecule has 0 bridgehead atoms. The van der Waals surface area contributed by atoms with Crippen LogP contribution in [0.2, 0.25) is 0 Å². The van der Waals surface area contributed by atoms with E-state index in [0.29, 0.717) is 0 Å². The fourth-order valence-corrected chi connectivity index (χ4v) is 1.14. The molecule has 1 aromatic rings. The largest absolute Gasteiger partial charge is 0.497 e. The van der Waals surface area contributed by atoms with E-state index in [0.717, 1.165) is 18.8 Å². The standard InChI is InChI=1S/C12H17NO/c1-3-13-10-4-5-11-6-8-12(14-2)9-7-11/h4-9,13H,3,10H2,1-2H3/b5-4+. The second-order valence-electron chi connectivity index (χ2n) is 2.98. The summed E-state index contributed by atoms with van der Waals surface area (Å²) in [6.07, 6.45) is 4.22. The molecule has 0 heterocycles. The number of methoxy groups -OCH3 is 1. The van der Waals surface area contributed by atoms with Crippen LogP contribution >= 0.6 is 0 Å². The van der Waals surface area contributed by atoms with Crippen molar-refractivity contribution in [1.82, 2.24) is 5.32 Å². The van der Waals surface area contributed by atoms with Crippen LogP contribution in [0.3, 0.4) is 0 Å². The minimum atomic E-state index is 0.897. The molecule has 0 unspecified atom stereocenters. The average molecular weight is 191 g/mol. The van der Waals surface area contributed by atoms with Crippen LogP contribution in [-0.4, -0.2) is 20.2 Å². The first-order chi connectivity index (χ1) is 6.86. The van der Waals surface area contributed by atoms with E-state index in [1.54, 1.807) is 7.11 Å². The zero-order chi connectivity index (χ0) is 10.2. The molecule has 76 valence electrons. The first-order valence-corrected chi connectivity index (χ1v) is 4.88. The highest BCUT2D eigenvalue weighted by Crippen LogP contribution is 2.11.